The Morgan fingerprint density at radius 3 is 1.82 bits per heavy atom. The van der Waals surface area contributed by atoms with Crippen LogP contribution in [0.3, 0.4) is 0 Å². The van der Waals surface area contributed by atoms with Gasteiger partial charge in [-0.2, -0.15) is 0 Å². The molecule has 0 bridgehead atoms. The maximum atomic E-state index is 6.11. The van der Waals surface area contributed by atoms with Crippen molar-refractivity contribution in [2.45, 2.75) is 97.7 Å². The molecule has 0 aromatic rings. The van der Waals surface area contributed by atoms with E-state index in [2.05, 4.69) is 27.7 Å². The molecule has 0 saturated heterocycles. The summed E-state index contributed by atoms with van der Waals surface area (Å²) < 4.78 is 12.2. The summed E-state index contributed by atoms with van der Waals surface area (Å²) in [6.45, 7) is 10.9. The van der Waals surface area contributed by atoms with Crippen LogP contribution in [0, 0.1) is 5.92 Å². The second kappa shape index (κ2) is 14.5. The molecule has 3 heteroatoms. The molecule has 0 aromatic carbocycles. The van der Waals surface area contributed by atoms with Gasteiger partial charge in [-0.15, -0.1) is 0 Å². The highest BCUT2D eigenvalue weighted by Crippen LogP contribution is 2.31. The monoisotopic (exact) mass is 315 g/mol. The van der Waals surface area contributed by atoms with Crippen LogP contribution in [0.4, 0.5) is 0 Å². The van der Waals surface area contributed by atoms with E-state index in [-0.39, 0.29) is 0 Å². The smallest absolute Gasteiger partial charge is 0.168 e. The number of rotatable bonds is 16. The van der Waals surface area contributed by atoms with Crippen molar-refractivity contribution in [3.63, 3.8) is 0 Å². The zero-order valence-corrected chi connectivity index (χ0v) is 15.7. The zero-order chi connectivity index (χ0) is 16.7. The number of ether oxygens (including phenoxy) is 2. The van der Waals surface area contributed by atoms with E-state index in [1.807, 2.05) is 0 Å². The van der Waals surface area contributed by atoms with Gasteiger partial charge in [-0.1, -0.05) is 59.3 Å². The van der Waals surface area contributed by atoms with Crippen molar-refractivity contribution in [3.8, 4) is 0 Å². The predicted octanol–water partition coefficient (Wildman–Crippen LogP) is 5.27. The van der Waals surface area contributed by atoms with Gasteiger partial charge in [0.15, 0.2) is 5.79 Å². The van der Waals surface area contributed by atoms with Gasteiger partial charge in [0.25, 0.3) is 0 Å². The van der Waals surface area contributed by atoms with Gasteiger partial charge < -0.3 is 15.2 Å². The molecule has 1 unspecified atom stereocenters. The molecule has 0 amide bonds. The zero-order valence-electron chi connectivity index (χ0n) is 15.7. The standard InChI is InChI=1S/C19H41NO2/c1-5-8-9-10-11-12-13-18(14-15-20)19(4,21-16-6-2)22-17-7-3/h18H,5-17,20H2,1-4H3. The molecule has 0 radical (unpaired) electrons. The average Bonchev–Trinajstić information content (AvgIpc) is 2.53. The van der Waals surface area contributed by atoms with Crippen LogP contribution in [0.5, 0.6) is 0 Å². The quantitative estimate of drug-likeness (QED) is 0.312. The SMILES string of the molecule is CCCCCCCCC(CCN)C(C)(OCCC)OCCC. The molecule has 0 aromatic heterocycles. The van der Waals surface area contributed by atoms with Crippen LogP contribution in [-0.4, -0.2) is 25.5 Å². The highest BCUT2D eigenvalue weighted by molar-refractivity contribution is 4.76. The molecule has 22 heavy (non-hydrogen) atoms. The summed E-state index contributed by atoms with van der Waals surface area (Å²) >= 11 is 0. The summed E-state index contributed by atoms with van der Waals surface area (Å²) in [5.41, 5.74) is 5.84. The molecule has 0 spiro atoms. The second-order valence-corrected chi connectivity index (χ2v) is 6.54. The highest BCUT2D eigenvalue weighted by Gasteiger charge is 2.35. The lowest BCUT2D eigenvalue weighted by Crippen LogP contribution is -2.42. The Bertz CT molecular complexity index is 225. The minimum absolute atomic E-state index is 0.404. The molecular weight excluding hydrogens is 274 g/mol. The maximum Gasteiger partial charge on any atom is 0.168 e. The summed E-state index contributed by atoms with van der Waals surface area (Å²) in [6, 6.07) is 0. The summed E-state index contributed by atoms with van der Waals surface area (Å²) in [5, 5.41) is 0. The first-order valence-corrected chi connectivity index (χ1v) is 9.62. The van der Waals surface area contributed by atoms with Crippen molar-refractivity contribution in [3.05, 3.63) is 0 Å². The number of hydrogen-bond donors (Lipinski definition) is 1. The summed E-state index contributed by atoms with van der Waals surface area (Å²) in [4.78, 5) is 0. The average molecular weight is 316 g/mol. The molecule has 134 valence electrons. The number of hydrogen-bond acceptors (Lipinski definition) is 3. The van der Waals surface area contributed by atoms with Crippen LogP contribution < -0.4 is 5.73 Å². The van der Waals surface area contributed by atoms with Gasteiger partial charge in [-0.05, 0) is 39.2 Å². The molecule has 0 fully saturated rings. The lowest BCUT2D eigenvalue weighted by Gasteiger charge is -2.37. The lowest BCUT2D eigenvalue weighted by molar-refractivity contribution is -0.258. The summed E-state index contributed by atoms with van der Waals surface area (Å²) in [6.07, 6.45) is 12.2. The van der Waals surface area contributed by atoms with Crippen LogP contribution >= 0.6 is 0 Å². The fourth-order valence-corrected chi connectivity index (χ4v) is 2.93. The largest absolute Gasteiger partial charge is 0.350 e. The summed E-state index contributed by atoms with van der Waals surface area (Å²) in [5.74, 6) is -0.0591. The third-order valence-electron chi connectivity index (χ3n) is 4.35. The van der Waals surface area contributed by atoms with E-state index in [1.165, 1.54) is 38.5 Å². The molecule has 0 aliphatic heterocycles. The van der Waals surface area contributed by atoms with E-state index in [0.29, 0.717) is 12.5 Å². The predicted molar refractivity (Wildman–Crippen MR) is 96.0 cm³/mol. The topological polar surface area (TPSA) is 44.5 Å². The first-order valence-electron chi connectivity index (χ1n) is 9.62. The molecule has 0 saturated carbocycles. The fourth-order valence-electron chi connectivity index (χ4n) is 2.93. The van der Waals surface area contributed by atoms with E-state index < -0.39 is 5.79 Å². The van der Waals surface area contributed by atoms with Gasteiger partial charge >= 0.3 is 0 Å². The Kier molecular flexibility index (Phi) is 14.4. The van der Waals surface area contributed by atoms with E-state index in [9.17, 15) is 0 Å². The third kappa shape index (κ3) is 9.81. The first-order chi connectivity index (χ1) is 10.6. The summed E-state index contributed by atoms with van der Waals surface area (Å²) in [7, 11) is 0. The van der Waals surface area contributed by atoms with Gasteiger partial charge in [-0.25, -0.2) is 0 Å². The van der Waals surface area contributed by atoms with E-state index in [0.717, 1.165) is 38.9 Å². The third-order valence-corrected chi connectivity index (χ3v) is 4.35. The number of unbranched alkanes of at least 4 members (excludes halogenated alkanes) is 5. The van der Waals surface area contributed by atoms with Crippen molar-refractivity contribution < 1.29 is 9.47 Å². The molecule has 1 atom stereocenters. The van der Waals surface area contributed by atoms with Crippen LogP contribution in [0.1, 0.15) is 91.9 Å². The number of nitrogens with two attached hydrogens (primary N) is 1. The fraction of sp³-hybridized carbons (Fsp3) is 1.00. The maximum absolute atomic E-state index is 6.11. The molecule has 2 N–H and O–H groups in total. The van der Waals surface area contributed by atoms with Gasteiger partial charge in [0, 0.05) is 19.1 Å². The van der Waals surface area contributed by atoms with E-state index >= 15 is 0 Å². The Balaban J connectivity index is 4.40. The van der Waals surface area contributed by atoms with Gasteiger partial charge in [0.2, 0.25) is 0 Å². The molecule has 3 nitrogen and oxygen atoms in total. The highest BCUT2D eigenvalue weighted by atomic mass is 16.7. The van der Waals surface area contributed by atoms with Gasteiger partial charge in [0.05, 0.1) is 0 Å². The van der Waals surface area contributed by atoms with Crippen molar-refractivity contribution in [1.82, 2.24) is 0 Å². The van der Waals surface area contributed by atoms with Crippen molar-refractivity contribution >= 4 is 0 Å². The lowest BCUT2D eigenvalue weighted by atomic mass is 9.89. The van der Waals surface area contributed by atoms with Crippen LogP contribution in [-0.2, 0) is 9.47 Å². The normalized spacial score (nSPS) is 13.5. The molecular formula is C19H41NO2. The van der Waals surface area contributed by atoms with Gasteiger partial charge in [0.1, 0.15) is 0 Å². The molecule has 0 rings (SSSR count). The van der Waals surface area contributed by atoms with E-state index in [4.69, 9.17) is 15.2 Å². The van der Waals surface area contributed by atoms with Crippen LogP contribution in [0.2, 0.25) is 0 Å². The van der Waals surface area contributed by atoms with Crippen molar-refractivity contribution in [1.29, 1.82) is 0 Å². The second-order valence-electron chi connectivity index (χ2n) is 6.54. The molecule has 0 heterocycles. The minimum atomic E-state index is -0.463. The van der Waals surface area contributed by atoms with Gasteiger partial charge in [-0.3, -0.25) is 0 Å². The van der Waals surface area contributed by atoms with E-state index in [1.54, 1.807) is 0 Å². The first kappa shape index (κ1) is 21.9. The Labute approximate surface area is 139 Å². The van der Waals surface area contributed by atoms with Crippen molar-refractivity contribution in [2.24, 2.45) is 11.7 Å². The Morgan fingerprint density at radius 2 is 1.32 bits per heavy atom. The van der Waals surface area contributed by atoms with Crippen LogP contribution in [0.15, 0.2) is 0 Å². The minimum Gasteiger partial charge on any atom is -0.350 e. The Morgan fingerprint density at radius 1 is 0.773 bits per heavy atom. The van der Waals surface area contributed by atoms with Crippen molar-refractivity contribution in [2.75, 3.05) is 19.8 Å². The molecule has 0 aliphatic carbocycles. The van der Waals surface area contributed by atoms with Crippen LogP contribution in [0.25, 0.3) is 0 Å². The Hall–Kier alpha value is -0.120. The molecule has 0 aliphatic rings.